The molecule has 2 aliphatic rings. The van der Waals surface area contributed by atoms with Crippen molar-refractivity contribution in [2.24, 2.45) is 0 Å². The van der Waals surface area contributed by atoms with Gasteiger partial charge >= 0.3 is 0 Å². The number of nitrogens with one attached hydrogen (secondary N) is 1. The highest BCUT2D eigenvalue weighted by molar-refractivity contribution is 5.89. The lowest BCUT2D eigenvalue weighted by molar-refractivity contribution is 0.176. The Morgan fingerprint density at radius 2 is 2.04 bits per heavy atom. The number of anilines is 1. The second kappa shape index (κ2) is 6.67. The number of phenolic OH excluding ortho intramolecular Hbond substituents is 1. The molecule has 0 amide bonds. The average Bonchev–Trinajstić information content (AvgIpc) is 3.13. The third-order valence-corrected chi connectivity index (χ3v) is 6.09. The molecule has 1 aromatic carbocycles. The lowest BCUT2D eigenvalue weighted by Crippen LogP contribution is -2.55. The van der Waals surface area contributed by atoms with Gasteiger partial charge in [0.2, 0.25) is 0 Å². The van der Waals surface area contributed by atoms with E-state index in [2.05, 4.69) is 20.5 Å². The first kappa shape index (κ1) is 17.3. The van der Waals surface area contributed by atoms with Crippen LogP contribution in [0, 0.1) is 0 Å². The fourth-order valence-electron chi connectivity index (χ4n) is 4.50. The zero-order valence-corrected chi connectivity index (χ0v) is 15.6. The van der Waals surface area contributed by atoms with Crippen LogP contribution in [0.1, 0.15) is 19.3 Å². The Labute approximate surface area is 162 Å². The topological polar surface area (TPSA) is 74.2 Å². The Morgan fingerprint density at radius 1 is 1.14 bits per heavy atom. The number of aromatic hydroxyl groups is 1. The first-order valence-corrected chi connectivity index (χ1v) is 9.64. The summed E-state index contributed by atoms with van der Waals surface area (Å²) in [4.78, 5) is 6.03. The molecule has 3 aromatic rings. The molecule has 4 heterocycles. The van der Waals surface area contributed by atoms with E-state index in [-0.39, 0.29) is 17.8 Å². The molecular weight excluding hydrogens is 357 g/mol. The smallest absolute Gasteiger partial charge is 0.151 e. The number of fused-ring (bicyclic) bond motifs is 3. The van der Waals surface area contributed by atoms with Crippen molar-refractivity contribution in [2.45, 2.75) is 43.6 Å². The van der Waals surface area contributed by atoms with Gasteiger partial charge in [-0.15, -0.1) is 10.2 Å². The van der Waals surface area contributed by atoms with E-state index in [0.29, 0.717) is 23.1 Å². The predicted molar refractivity (Wildman–Crippen MR) is 106 cm³/mol. The van der Waals surface area contributed by atoms with Crippen LogP contribution in [0.15, 0.2) is 42.7 Å². The van der Waals surface area contributed by atoms with E-state index >= 15 is 0 Å². The minimum Gasteiger partial charge on any atom is -0.507 e. The maximum absolute atomic E-state index is 14.8. The van der Waals surface area contributed by atoms with E-state index in [4.69, 9.17) is 0 Å². The predicted octanol–water partition coefficient (Wildman–Crippen LogP) is 3.06. The molecular formula is C21H22FN5O. The van der Waals surface area contributed by atoms with Crippen molar-refractivity contribution < 1.29 is 9.50 Å². The molecule has 28 heavy (non-hydrogen) atoms. The molecule has 2 saturated heterocycles. The monoisotopic (exact) mass is 379 g/mol. The van der Waals surface area contributed by atoms with Gasteiger partial charge in [-0.05, 0) is 55.0 Å². The fraction of sp³-hybridized carbons (Fsp3) is 0.381. The van der Waals surface area contributed by atoms with Crippen LogP contribution >= 0.6 is 0 Å². The van der Waals surface area contributed by atoms with Gasteiger partial charge in [-0.25, -0.2) is 4.39 Å². The fourth-order valence-corrected chi connectivity index (χ4v) is 4.50. The van der Waals surface area contributed by atoms with Crippen LogP contribution in [-0.4, -0.2) is 51.6 Å². The standard InChI is InChI=1S/C21H22FN5O/c1-27(18-10-14-2-3-17(24-14)21(18)22)20-5-4-16(25-26-20)15-8-13-11-23-7-6-12(13)9-19(15)28/h4-9,11,14,17-18,21,24,28H,2-3,10H2,1H3/t14-,17+,18-,21+/m0/s1. The van der Waals surface area contributed by atoms with Crippen molar-refractivity contribution in [1.29, 1.82) is 0 Å². The van der Waals surface area contributed by atoms with Crippen molar-refractivity contribution in [3.63, 3.8) is 0 Å². The zero-order chi connectivity index (χ0) is 19.3. The second-order valence-electron chi connectivity index (χ2n) is 7.77. The lowest BCUT2D eigenvalue weighted by atomic mass is 9.96. The maximum Gasteiger partial charge on any atom is 0.151 e. The van der Waals surface area contributed by atoms with Crippen LogP contribution in [0.25, 0.3) is 22.0 Å². The van der Waals surface area contributed by atoms with E-state index in [0.717, 1.165) is 30.0 Å². The summed E-state index contributed by atoms with van der Waals surface area (Å²) in [6.45, 7) is 0. The first-order valence-electron chi connectivity index (χ1n) is 9.64. The van der Waals surface area contributed by atoms with Crippen LogP contribution in [0.5, 0.6) is 5.75 Å². The van der Waals surface area contributed by atoms with Crippen LogP contribution in [0.4, 0.5) is 10.2 Å². The third-order valence-electron chi connectivity index (χ3n) is 6.09. The Hall–Kier alpha value is -2.80. The van der Waals surface area contributed by atoms with Gasteiger partial charge in [0.1, 0.15) is 11.9 Å². The van der Waals surface area contributed by atoms with Crippen LogP contribution in [0.2, 0.25) is 0 Å². The summed E-state index contributed by atoms with van der Waals surface area (Å²) in [5.41, 5.74) is 1.17. The summed E-state index contributed by atoms with van der Waals surface area (Å²) in [5, 5.41) is 24.2. The van der Waals surface area contributed by atoms with Gasteiger partial charge in [-0.3, -0.25) is 4.98 Å². The molecule has 2 bridgehead atoms. The van der Waals surface area contributed by atoms with Gasteiger partial charge in [0.15, 0.2) is 5.82 Å². The molecule has 0 aliphatic carbocycles. The molecule has 5 rings (SSSR count). The van der Waals surface area contributed by atoms with Crippen molar-refractivity contribution >= 4 is 16.6 Å². The summed E-state index contributed by atoms with van der Waals surface area (Å²) >= 11 is 0. The zero-order valence-electron chi connectivity index (χ0n) is 15.6. The number of piperidine rings is 1. The number of halogens is 1. The number of hydrogen-bond donors (Lipinski definition) is 2. The van der Waals surface area contributed by atoms with Crippen molar-refractivity contribution in [2.75, 3.05) is 11.9 Å². The van der Waals surface area contributed by atoms with Crippen LogP contribution in [-0.2, 0) is 0 Å². The molecule has 7 heteroatoms. The number of benzene rings is 1. The molecule has 0 unspecified atom stereocenters. The third kappa shape index (κ3) is 2.86. The van der Waals surface area contributed by atoms with E-state index in [1.54, 1.807) is 18.5 Å². The van der Waals surface area contributed by atoms with E-state index < -0.39 is 6.17 Å². The number of phenols is 1. The van der Waals surface area contributed by atoms with Gasteiger partial charge in [0, 0.05) is 42.5 Å². The molecule has 144 valence electrons. The van der Waals surface area contributed by atoms with E-state index in [9.17, 15) is 9.50 Å². The quantitative estimate of drug-likeness (QED) is 0.729. The summed E-state index contributed by atoms with van der Waals surface area (Å²) in [5.74, 6) is 0.785. The first-order chi connectivity index (χ1) is 13.6. The summed E-state index contributed by atoms with van der Waals surface area (Å²) in [6.07, 6.45) is 5.24. The summed E-state index contributed by atoms with van der Waals surface area (Å²) in [7, 11) is 1.88. The normalized spacial score (nSPS) is 26.5. The second-order valence-corrected chi connectivity index (χ2v) is 7.77. The number of pyridine rings is 1. The number of alkyl halides is 1. The largest absolute Gasteiger partial charge is 0.507 e. The highest BCUT2D eigenvalue weighted by Gasteiger charge is 2.43. The summed E-state index contributed by atoms with van der Waals surface area (Å²) < 4.78 is 14.8. The number of hydrogen-bond acceptors (Lipinski definition) is 6. The Balaban J connectivity index is 1.42. The molecule has 6 nitrogen and oxygen atoms in total. The van der Waals surface area contributed by atoms with Crippen LogP contribution in [0.3, 0.4) is 0 Å². The number of aromatic nitrogens is 3. The molecule has 0 saturated carbocycles. The van der Waals surface area contributed by atoms with Crippen LogP contribution < -0.4 is 10.2 Å². The molecule has 4 atom stereocenters. The van der Waals surface area contributed by atoms with Gasteiger partial charge in [0.25, 0.3) is 0 Å². The lowest BCUT2D eigenvalue weighted by Gasteiger charge is -2.38. The molecule has 2 N–H and O–H groups in total. The number of rotatable bonds is 3. The molecule has 0 spiro atoms. The Kier molecular flexibility index (Phi) is 4.12. The van der Waals surface area contributed by atoms with Gasteiger partial charge in [-0.2, -0.15) is 0 Å². The van der Waals surface area contributed by atoms with E-state index in [1.165, 1.54) is 0 Å². The Morgan fingerprint density at radius 3 is 2.86 bits per heavy atom. The van der Waals surface area contributed by atoms with Crippen molar-refractivity contribution in [1.82, 2.24) is 20.5 Å². The van der Waals surface area contributed by atoms with Crippen molar-refractivity contribution in [3.8, 4) is 17.0 Å². The molecule has 2 aliphatic heterocycles. The van der Waals surface area contributed by atoms with Gasteiger partial charge in [0.05, 0.1) is 11.7 Å². The minimum absolute atomic E-state index is 0.0541. The minimum atomic E-state index is -0.915. The highest BCUT2D eigenvalue weighted by Crippen LogP contribution is 2.34. The number of nitrogens with zero attached hydrogens (tertiary/aromatic N) is 4. The van der Waals surface area contributed by atoms with Gasteiger partial charge in [-0.1, -0.05) is 0 Å². The highest BCUT2D eigenvalue weighted by atomic mass is 19.1. The summed E-state index contributed by atoms with van der Waals surface area (Å²) in [6, 6.07) is 9.20. The maximum atomic E-state index is 14.8. The molecule has 0 radical (unpaired) electrons. The Bertz CT molecular complexity index is 1010. The van der Waals surface area contributed by atoms with E-state index in [1.807, 2.05) is 36.2 Å². The SMILES string of the molecule is CN(c1ccc(-c2cc3cnccc3cc2O)nn1)[C@H]1C[C@@H]2CC[C@@H](N2)[C@H]1F. The molecule has 2 aromatic heterocycles. The van der Waals surface area contributed by atoms with Gasteiger partial charge < -0.3 is 15.3 Å². The molecule has 2 fully saturated rings. The average molecular weight is 379 g/mol. The van der Waals surface area contributed by atoms with Crippen molar-refractivity contribution in [3.05, 3.63) is 42.7 Å².